The maximum Gasteiger partial charge on any atom is 0.240 e. The van der Waals surface area contributed by atoms with Crippen LogP contribution < -0.4 is 4.72 Å². The van der Waals surface area contributed by atoms with E-state index in [0.29, 0.717) is 23.8 Å². The second-order valence-electron chi connectivity index (χ2n) is 4.72. The van der Waals surface area contributed by atoms with E-state index in [4.69, 9.17) is 0 Å². The lowest BCUT2D eigenvalue weighted by Crippen LogP contribution is -2.33. The lowest BCUT2D eigenvalue weighted by molar-refractivity contribution is 0.0988. The number of ketones is 1. The van der Waals surface area contributed by atoms with Gasteiger partial charge in [0, 0.05) is 41.0 Å². The molecule has 1 aliphatic rings. The summed E-state index contributed by atoms with van der Waals surface area (Å²) in [5.74, 6) is 3.13. The average molecular weight is 346 g/mol. The van der Waals surface area contributed by atoms with Crippen LogP contribution >= 0.6 is 23.5 Å². The predicted molar refractivity (Wildman–Crippen MR) is 89.8 cm³/mol. The van der Waals surface area contributed by atoms with Crippen molar-refractivity contribution in [1.82, 2.24) is 4.72 Å². The average Bonchev–Trinajstić information content (AvgIpc) is 2.53. The summed E-state index contributed by atoms with van der Waals surface area (Å²) in [6.07, 6.45) is 0.368. The zero-order chi connectivity index (χ0) is 15.3. The third kappa shape index (κ3) is 4.74. The van der Waals surface area contributed by atoms with Crippen molar-refractivity contribution in [1.29, 1.82) is 0 Å². The summed E-state index contributed by atoms with van der Waals surface area (Å²) in [4.78, 5) is 11.8. The molecular formula is C14H19NO3S3. The highest BCUT2D eigenvalue weighted by Gasteiger charge is 2.20. The minimum absolute atomic E-state index is 0.0497. The molecule has 0 amide bonds. The van der Waals surface area contributed by atoms with Crippen molar-refractivity contribution >= 4 is 39.3 Å². The van der Waals surface area contributed by atoms with E-state index < -0.39 is 10.0 Å². The van der Waals surface area contributed by atoms with Gasteiger partial charge < -0.3 is 0 Å². The quantitative estimate of drug-likeness (QED) is 0.802. The second kappa shape index (κ2) is 7.67. The molecule has 1 unspecified atom stereocenters. The molecule has 0 radical (unpaired) electrons. The van der Waals surface area contributed by atoms with E-state index in [-0.39, 0.29) is 10.7 Å². The van der Waals surface area contributed by atoms with Gasteiger partial charge in [-0.15, -0.1) is 0 Å². The van der Waals surface area contributed by atoms with Crippen molar-refractivity contribution in [2.45, 2.75) is 23.5 Å². The molecule has 0 aromatic heterocycles. The van der Waals surface area contributed by atoms with E-state index >= 15 is 0 Å². The first-order valence-electron chi connectivity index (χ1n) is 6.85. The minimum atomic E-state index is -3.55. The molecule has 1 aromatic carbocycles. The molecule has 1 heterocycles. The highest BCUT2D eigenvalue weighted by molar-refractivity contribution is 8.06. The fourth-order valence-electron chi connectivity index (χ4n) is 1.98. The molecule has 1 aliphatic heterocycles. The number of Topliss-reactive ketones (excluding diaryl/α,β-unsaturated/α-hetero) is 1. The Bertz CT molecular complexity index is 595. The van der Waals surface area contributed by atoms with Crippen molar-refractivity contribution in [2.75, 3.05) is 23.8 Å². The Labute approximate surface area is 134 Å². The molecule has 4 nitrogen and oxygen atoms in total. The van der Waals surface area contributed by atoms with Gasteiger partial charge in [-0.25, -0.2) is 13.1 Å². The maximum absolute atomic E-state index is 12.3. The number of sulfonamides is 1. The summed E-state index contributed by atoms with van der Waals surface area (Å²) < 4.78 is 27.3. The van der Waals surface area contributed by atoms with Crippen LogP contribution in [0.5, 0.6) is 0 Å². The van der Waals surface area contributed by atoms with Gasteiger partial charge in [-0.3, -0.25) is 4.79 Å². The van der Waals surface area contributed by atoms with E-state index in [1.807, 2.05) is 23.5 Å². The Kier molecular flexibility index (Phi) is 6.16. The first-order valence-corrected chi connectivity index (χ1v) is 10.5. The van der Waals surface area contributed by atoms with Crippen molar-refractivity contribution in [3.05, 3.63) is 29.8 Å². The predicted octanol–water partition coefficient (Wildman–Crippen LogP) is 2.41. The topological polar surface area (TPSA) is 63.2 Å². The van der Waals surface area contributed by atoms with Crippen LogP contribution in [0, 0.1) is 0 Å². The smallest absolute Gasteiger partial charge is 0.240 e. The molecule has 21 heavy (non-hydrogen) atoms. The summed E-state index contributed by atoms with van der Waals surface area (Å²) in [7, 11) is -3.55. The van der Waals surface area contributed by atoms with Crippen molar-refractivity contribution < 1.29 is 13.2 Å². The van der Waals surface area contributed by atoms with Gasteiger partial charge >= 0.3 is 0 Å². The summed E-state index contributed by atoms with van der Waals surface area (Å²) >= 11 is 3.67. The normalized spacial score (nSPS) is 19.4. The zero-order valence-electron chi connectivity index (χ0n) is 11.9. The van der Waals surface area contributed by atoms with Crippen LogP contribution in [0.2, 0.25) is 0 Å². The number of hydrogen-bond donors (Lipinski definition) is 1. The molecule has 1 N–H and O–H groups in total. The van der Waals surface area contributed by atoms with E-state index in [1.54, 1.807) is 19.1 Å². The molecule has 1 atom stereocenters. The Morgan fingerprint density at radius 3 is 2.86 bits per heavy atom. The third-order valence-electron chi connectivity index (χ3n) is 3.17. The fourth-order valence-corrected chi connectivity index (χ4v) is 5.83. The SMILES string of the molecule is CCC(=O)c1cccc(S(=O)(=O)NCC2CSCCS2)c1. The first kappa shape index (κ1) is 16.9. The van der Waals surface area contributed by atoms with Gasteiger partial charge in [-0.1, -0.05) is 19.1 Å². The molecule has 0 spiro atoms. The lowest BCUT2D eigenvalue weighted by atomic mass is 10.1. The summed E-state index contributed by atoms with van der Waals surface area (Å²) in [6.45, 7) is 2.20. The highest BCUT2D eigenvalue weighted by atomic mass is 32.2. The number of hydrogen-bond acceptors (Lipinski definition) is 5. The van der Waals surface area contributed by atoms with E-state index in [9.17, 15) is 13.2 Å². The Hall–Kier alpha value is -0.500. The Balaban J connectivity index is 2.06. The lowest BCUT2D eigenvalue weighted by Gasteiger charge is -2.21. The van der Waals surface area contributed by atoms with Gasteiger partial charge in [0.2, 0.25) is 10.0 Å². The summed E-state index contributed by atoms with van der Waals surface area (Å²) in [5, 5.41) is 0.319. The number of nitrogens with one attached hydrogen (secondary N) is 1. The van der Waals surface area contributed by atoms with Gasteiger partial charge in [0.25, 0.3) is 0 Å². The molecule has 0 aliphatic carbocycles. The number of benzene rings is 1. The summed E-state index contributed by atoms with van der Waals surface area (Å²) in [5.41, 5.74) is 0.447. The molecule has 116 valence electrons. The van der Waals surface area contributed by atoms with Crippen molar-refractivity contribution in [3.8, 4) is 0 Å². The van der Waals surface area contributed by atoms with Crippen LogP contribution in [-0.2, 0) is 10.0 Å². The maximum atomic E-state index is 12.3. The largest absolute Gasteiger partial charge is 0.294 e. The van der Waals surface area contributed by atoms with Crippen LogP contribution in [0.1, 0.15) is 23.7 Å². The van der Waals surface area contributed by atoms with Crippen LogP contribution in [0.25, 0.3) is 0 Å². The molecule has 0 saturated carbocycles. The number of rotatable bonds is 6. The summed E-state index contributed by atoms with van der Waals surface area (Å²) in [6, 6.07) is 6.25. The number of carbonyl (C=O) groups is 1. The first-order chi connectivity index (χ1) is 10.0. The standard InChI is InChI=1S/C14H19NO3S3/c1-2-14(16)11-4-3-5-13(8-11)21(17,18)15-9-12-10-19-6-7-20-12/h3-5,8,12,15H,2,6-7,9-10H2,1H3. The molecule has 1 saturated heterocycles. The molecule has 0 bridgehead atoms. The fraction of sp³-hybridized carbons (Fsp3) is 0.500. The van der Waals surface area contributed by atoms with Crippen LogP contribution in [-0.4, -0.2) is 43.3 Å². The van der Waals surface area contributed by atoms with Crippen molar-refractivity contribution in [3.63, 3.8) is 0 Å². The number of carbonyl (C=O) groups excluding carboxylic acids is 1. The van der Waals surface area contributed by atoms with E-state index in [1.165, 1.54) is 12.1 Å². The van der Waals surface area contributed by atoms with Gasteiger partial charge in [-0.05, 0) is 12.1 Å². The Morgan fingerprint density at radius 2 is 2.19 bits per heavy atom. The molecule has 1 fully saturated rings. The molecule has 2 rings (SSSR count). The zero-order valence-corrected chi connectivity index (χ0v) is 14.3. The van der Waals surface area contributed by atoms with Gasteiger partial charge in [0.05, 0.1) is 4.90 Å². The molecular weight excluding hydrogens is 326 g/mol. The monoisotopic (exact) mass is 345 g/mol. The second-order valence-corrected chi connectivity index (χ2v) is 9.05. The van der Waals surface area contributed by atoms with Gasteiger partial charge in [-0.2, -0.15) is 23.5 Å². The van der Waals surface area contributed by atoms with Gasteiger partial charge in [0.15, 0.2) is 5.78 Å². The van der Waals surface area contributed by atoms with E-state index in [0.717, 1.165) is 17.3 Å². The van der Waals surface area contributed by atoms with Crippen molar-refractivity contribution in [2.24, 2.45) is 0 Å². The third-order valence-corrected chi connectivity index (χ3v) is 7.44. The van der Waals surface area contributed by atoms with Crippen LogP contribution in [0.4, 0.5) is 0 Å². The van der Waals surface area contributed by atoms with Crippen LogP contribution in [0.15, 0.2) is 29.2 Å². The highest BCUT2D eigenvalue weighted by Crippen LogP contribution is 2.23. The number of thioether (sulfide) groups is 2. The van der Waals surface area contributed by atoms with Crippen LogP contribution in [0.3, 0.4) is 0 Å². The van der Waals surface area contributed by atoms with E-state index in [2.05, 4.69) is 4.72 Å². The molecule has 7 heteroatoms. The molecule has 1 aromatic rings. The van der Waals surface area contributed by atoms with Gasteiger partial charge in [0.1, 0.15) is 0 Å². The Morgan fingerprint density at radius 1 is 1.38 bits per heavy atom. The minimum Gasteiger partial charge on any atom is -0.294 e.